The topological polar surface area (TPSA) is 69.7 Å². The van der Waals surface area contributed by atoms with Crippen LogP contribution in [-0.4, -0.2) is 26.2 Å². The largest absolute Gasteiger partial charge is 0.489 e. The van der Waals surface area contributed by atoms with Crippen LogP contribution in [0.1, 0.15) is 37.7 Å². The number of methoxy groups -OCH3 is 1. The van der Waals surface area contributed by atoms with Crippen LogP contribution in [-0.2, 0) is 26.0 Å². The van der Waals surface area contributed by atoms with Crippen molar-refractivity contribution in [3.05, 3.63) is 60.2 Å². The van der Waals surface area contributed by atoms with Crippen molar-refractivity contribution in [1.82, 2.24) is 0 Å². The average Bonchev–Trinajstić information content (AvgIpc) is 2.73. The first-order valence-electron chi connectivity index (χ1n) is 9.09. The second kappa shape index (κ2) is 8.13. The number of benzene rings is 2. The molecule has 3 rings (SSSR count). The van der Waals surface area contributed by atoms with Crippen LogP contribution < -0.4 is 4.74 Å². The van der Waals surface area contributed by atoms with Crippen LogP contribution in [0.3, 0.4) is 0 Å². The molecule has 1 aliphatic carbocycles. The molecule has 2 aromatic rings. The summed E-state index contributed by atoms with van der Waals surface area (Å²) in [6.45, 7) is 0.402. The first kappa shape index (κ1) is 19.4. The van der Waals surface area contributed by atoms with E-state index in [4.69, 9.17) is 9.47 Å². The molecule has 1 saturated carbocycles. The van der Waals surface area contributed by atoms with E-state index < -0.39 is 20.6 Å². The summed E-state index contributed by atoms with van der Waals surface area (Å²) in [5.74, 6) is -0.0832. The van der Waals surface area contributed by atoms with E-state index >= 15 is 0 Å². The van der Waals surface area contributed by atoms with Gasteiger partial charge in [0.1, 0.15) is 12.4 Å². The highest BCUT2D eigenvalue weighted by molar-refractivity contribution is 7.93. The summed E-state index contributed by atoms with van der Waals surface area (Å²) in [5.41, 5.74) is 1.03. The van der Waals surface area contributed by atoms with Gasteiger partial charge in [0.15, 0.2) is 14.6 Å². The molecule has 0 aliphatic heterocycles. The predicted octanol–water partition coefficient (Wildman–Crippen LogP) is 3.92. The molecule has 1 aliphatic rings. The number of hydrogen-bond acceptors (Lipinski definition) is 5. The Bertz CT molecular complexity index is 867. The molecule has 1 fully saturated rings. The Morgan fingerprint density at radius 2 is 1.59 bits per heavy atom. The molecule has 0 saturated heterocycles. The van der Waals surface area contributed by atoms with Crippen molar-refractivity contribution in [3.8, 4) is 5.75 Å². The lowest BCUT2D eigenvalue weighted by atomic mass is 9.88. The van der Waals surface area contributed by atoms with Gasteiger partial charge in [0, 0.05) is 0 Å². The molecule has 5 nitrogen and oxygen atoms in total. The summed E-state index contributed by atoms with van der Waals surface area (Å²) in [4.78, 5) is 12.5. The average molecular weight is 388 g/mol. The van der Waals surface area contributed by atoms with Gasteiger partial charge < -0.3 is 9.47 Å². The first-order chi connectivity index (χ1) is 13.0. The van der Waals surface area contributed by atoms with Crippen LogP contribution in [0.15, 0.2) is 59.5 Å². The zero-order valence-electron chi connectivity index (χ0n) is 15.4. The SMILES string of the molecule is COC(=O)C1(S(=O)(=O)c2ccc(OCc3ccccc3)cc2)CCCCC1. The Hall–Kier alpha value is -2.34. The van der Waals surface area contributed by atoms with E-state index in [1.165, 1.54) is 19.2 Å². The predicted molar refractivity (Wildman–Crippen MR) is 102 cm³/mol. The van der Waals surface area contributed by atoms with Gasteiger partial charge in [0.05, 0.1) is 12.0 Å². The Kier molecular flexibility index (Phi) is 5.85. The van der Waals surface area contributed by atoms with E-state index in [0.717, 1.165) is 12.0 Å². The minimum Gasteiger partial charge on any atom is -0.489 e. The number of rotatable bonds is 6. The van der Waals surface area contributed by atoms with E-state index in [1.54, 1.807) is 12.1 Å². The highest BCUT2D eigenvalue weighted by Gasteiger charge is 2.52. The lowest BCUT2D eigenvalue weighted by Crippen LogP contribution is -2.48. The first-order valence-corrected chi connectivity index (χ1v) is 10.6. The van der Waals surface area contributed by atoms with Crippen molar-refractivity contribution < 1.29 is 22.7 Å². The quantitative estimate of drug-likeness (QED) is 0.702. The Morgan fingerprint density at radius 3 is 2.19 bits per heavy atom. The van der Waals surface area contributed by atoms with Gasteiger partial charge in [-0.05, 0) is 42.7 Å². The summed E-state index contributed by atoms with van der Waals surface area (Å²) < 4.78 is 35.6. The van der Waals surface area contributed by atoms with Gasteiger partial charge in [-0.25, -0.2) is 8.42 Å². The van der Waals surface area contributed by atoms with E-state index in [9.17, 15) is 13.2 Å². The highest BCUT2D eigenvalue weighted by atomic mass is 32.2. The maximum absolute atomic E-state index is 13.3. The molecular weight excluding hydrogens is 364 g/mol. The fourth-order valence-electron chi connectivity index (χ4n) is 3.57. The lowest BCUT2D eigenvalue weighted by molar-refractivity contribution is -0.144. The standard InChI is InChI=1S/C21H24O5S/c1-25-20(22)21(14-6-3-7-15-21)27(23,24)19-12-10-18(11-13-19)26-16-17-8-4-2-5-9-17/h2,4-5,8-13H,3,6-7,14-16H2,1H3. The van der Waals surface area contributed by atoms with Crippen LogP contribution in [0.25, 0.3) is 0 Å². The van der Waals surface area contributed by atoms with Crippen molar-refractivity contribution >= 4 is 15.8 Å². The zero-order valence-corrected chi connectivity index (χ0v) is 16.2. The van der Waals surface area contributed by atoms with Gasteiger partial charge in [-0.3, -0.25) is 4.79 Å². The number of hydrogen-bond donors (Lipinski definition) is 0. The lowest BCUT2D eigenvalue weighted by Gasteiger charge is -2.33. The van der Waals surface area contributed by atoms with E-state index in [2.05, 4.69) is 0 Å². The van der Waals surface area contributed by atoms with Gasteiger partial charge in [-0.15, -0.1) is 0 Å². The van der Waals surface area contributed by atoms with Crippen LogP contribution in [0.5, 0.6) is 5.75 Å². The molecule has 0 N–H and O–H groups in total. The third-order valence-electron chi connectivity index (χ3n) is 5.12. The number of carbonyl (C=O) groups excluding carboxylic acids is 1. The van der Waals surface area contributed by atoms with Crippen LogP contribution in [0, 0.1) is 0 Å². The Morgan fingerprint density at radius 1 is 0.963 bits per heavy atom. The molecule has 0 unspecified atom stereocenters. The van der Waals surface area contributed by atoms with Gasteiger partial charge in [0.25, 0.3) is 0 Å². The summed E-state index contributed by atoms with van der Waals surface area (Å²) in [7, 11) is -2.60. The molecule has 6 heteroatoms. The van der Waals surface area contributed by atoms with Gasteiger partial charge >= 0.3 is 5.97 Å². The van der Waals surface area contributed by atoms with Crippen LogP contribution in [0.4, 0.5) is 0 Å². The molecule has 0 spiro atoms. The molecule has 0 aromatic heterocycles. The summed E-state index contributed by atoms with van der Waals surface area (Å²) >= 11 is 0. The van der Waals surface area contributed by atoms with Crippen molar-refractivity contribution in [2.24, 2.45) is 0 Å². The van der Waals surface area contributed by atoms with Crippen molar-refractivity contribution in [3.63, 3.8) is 0 Å². The maximum Gasteiger partial charge on any atom is 0.327 e. The minimum absolute atomic E-state index is 0.127. The minimum atomic E-state index is -3.85. The van der Waals surface area contributed by atoms with E-state index in [0.29, 0.717) is 38.0 Å². The third kappa shape index (κ3) is 3.86. The monoisotopic (exact) mass is 388 g/mol. The molecule has 0 radical (unpaired) electrons. The van der Waals surface area contributed by atoms with Gasteiger partial charge in [-0.2, -0.15) is 0 Å². The maximum atomic E-state index is 13.3. The molecule has 0 atom stereocenters. The second-order valence-corrected chi connectivity index (χ2v) is 9.06. The third-order valence-corrected chi connectivity index (χ3v) is 7.61. The summed E-state index contributed by atoms with van der Waals surface area (Å²) in [5, 5.41) is 0. The normalized spacial score (nSPS) is 16.5. The number of esters is 1. The van der Waals surface area contributed by atoms with Crippen LogP contribution >= 0.6 is 0 Å². The summed E-state index contributed by atoms with van der Waals surface area (Å²) in [6.07, 6.45) is 2.93. The Labute approximate surface area is 160 Å². The van der Waals surface area contributed by atoms with Crippen molar-refractivity contribution in [1.29, 1.82) is 0 Å². The number of sulfone groups is 1. The number of carbonyl (C=O) groups is 1. The molecular formula is C21H24O5S. The van der Waals surface area contributed by atoms with Crippen LogP contribution in [0.2, 0.25) is 0 Å². The molecule has 0 bridgehead atoms. The van der Waals surface area contributed by atoms with Gasteiger partial charge in [-0.1, -0.05) is 49.6 Å². The molecule has 0 amide bonds. The van der Waals surface area contributed by atoms with E-state index in [1.807, 2.05) is 30.3 Å². The summed E-state index contributed by atoms with van der Waals surface area (Å²) in [6, 6.07) is 16.0. The smallest absolute Gasteiger partial charge is 0.327 e. The molecule has 0 heterocycles. The second-order valence-electron chi connectivity index (χ2n) is 6.80. The van der Waals surface area contributed by atoms with Crippen molar-refractivity contribution in [2.75, 3.05) is 7.11 Å². The Balaban J connectivity index is 1.81. The molecule has 2 aromatic carbocycles. The van der Waals surface area contributed by atoms with E-state index in [-0.39, 0.29) is 4.90 Å². The fraction of sp³-hybridized carbons (Fsp3) is 0.381. The number of ether oxygens (including phenoxy) is 2. The highest BCUT2D eigenvalue weighted by Crippen LogP contribution is 2.40. The molecule has 27 heavy (non-hydrogen) atoms. The zero-order chi connectivity index (χ0) is 19.3. The van der Waals surface area contributed by atoms with Gasteiger partial charge in [0.2, 0.25) is 0 Å². The van der Waals surface area contributed by atoms with Crippen molar-refractivity contribution in [2.45, 2.75) is 48.4 Å². The fourth-order valence-corrected chi connectivity index (χ4v) is 5.65. The molecule has 144 valence electrons.